The molecule has 1 aromatic heterocycles. The molecule has 0 saturated heterocycles. The Balaban J connectivity index is 2.51. The van der Waals surface area contributed by atoms with Crippen LogP contribution in [0.4, 0.5) is 5.69 Å². The fourth-order valence-electron chi connectivity index (χ4n) is 2.83. The highest BCUT2D eigenvalue weighted by Gasteiger charge is 2.14. The first-order valence-corrected chi connectivity index (χ1v) is 9.24. The number of carbonyl (C=O) groups excluding carboxylic acids is 1. The second-order valence-electron chi connectivity index (χ2n) is 6.41. The SMILES string of the molecule is CCN=C(CC)Nc1ccc2c(c1)cc(OCC(=O)NC)c(=O)n2C(C)C. The summed E-state index contributed by atoms with van der Waals surface area (Å²) < 4.78 is 7.16. The number of nitrogens with zero attached hydrogens (tertiary/aromatic N) is 2. The Hall–Kier alpha value is -2.83. The molecule has 0 spiro atoms. The van der Waals surface area contributed by atoms with Gasteiger partial charge in [0.15, 0.2) is 12.4 Å². The van der Waals surface area contributed by atoms with E-state index in [1.807, 2.05) is 45.9 Å². The maximum absolute atomic E-state index is 12.8. The van der Waals surface area contributed by atoms with E-state index in [4.69, 9.17) is 4.74 Å². The van der Waals surface area contributed by atoms with E-state index in [1.54, 1.807) is 10.6 Å². The number of hydrogen-bond acceptors (Lipinski definition) is 4. The first-order valence-electron chi connectivity index (χ1n) is 9.24. The standard InChI is InChI=1S/C20H28N4O3/c1-6-18(22-7-2)23-15-8-9-16-14(10-15)11-17(27-12-19(25)21-5)20(26)24(16)13(3)4/h8-11,13H,6-7,12H2,1-5H3,(H,21,25)(H,22,23). The number of nitrogens with one attached hydrogen (secondary N) is 2. The molecule has 1 amide bonds. The van der Waals surface area contributed by atoms with Crippen LogP contribution in [0, 0.1) is 0 Å². The van der Waals surface area contributed by atoms with E-state index >= 15 is 0 Å². The highest BCUT2D eigenvalue weighted by molar-refractivity contribution is 5.97. The molecule has 27 heavy (non-hydrogen) atoms. The van der Waals surface area contributed by atoms with Crippen molar-refractivity contribution in [3.8, 4) is 5.75 Å². The zero-order valence-corrected chi connectivity index (χ0v) is 16.6. The summed E-state index contributed by atoms with van der Waals surface area (Å²) in [4.78, 5) is 28.7. The quantitative estimate of drug-likeness (QED) is 0.578. The number of aliphatic imine (C=N–C) groups is 1. The van der Waals surface area contributed by atoms with Crippen molar-refractivity contribution in [1.82, 2.24) is 9.88 Å². The summed E-state index contributed by atoms with van der Waals surface area (Å²) in [6.07, 6.45) is 0.803. The first-order chi connectivity index (χ1) is 12.9. The Morgan fingerprint density at radius 1 is 1.26 bits per heavy atom. The van der Waals surface area contributed by atoms with Crippen LogP contribution < -0.4 is 20.9 Å². The van der Waals surface area contributed by atoms with Gasteiger partial charge in [-0.3, -0.25) is 14.6 Å². The summed E-state index contributed by atoms with van der Waals surface area (Å²) >= 11 is 0. The lowest BCUT2D eigenvalue weighted by atomic mass is 10.1. The van der Waals surface area contributed by atoms with Crippen molar-refractivity contribution in [2.75, 3.05) is 25.5 Å². The Kier molecular flexibility index (Phi) is 6.98. The predicted molar refractivity (Wildman–Crippen MR) is 110 cm³/mol. The van der Waals surface area contributed by atoms with Crippen molar-refractivity contribution >= 4 is 28.3 Å². The maximum Gasteiger partial charge on any atom is 0.293 e. The first kappa shape index (κ1) is 20.5. The second-order valence-corrected chi connectivity index (χ2v) is 6.41. The number of likely N-dealkylation sites (N-methyl/N-ethyl adjacent to an activating group) is 1. The van der Waals surface area contributed by atoms with Gasteiger partial charge < -0.3 is 19.9 Å². The number of benzene rings is 1. The Labute approximate surface area is 159 Å². The number of hydrogen-bond donors (Lipinski definition) is 2. The number of amidine groups is 1. The van der Waals surface area contributed by atoms with Gasteiger partial charge in [0.05, 0.1) is 5.52 Å². The van der Waals surface area contributed by atoms with Gasteiger partial charge in [0.25, 0.3) is 11.5 Å². The molecule has 0 atom stereocenters. The third-order valence-corrected chi connectivity index (χ3v) is 4.13. The molecule has 2 rings (SSSR count). The van der Waals surface area contributed by atoms with Gasteiger partial charge in [-0.1, -0.05) is 6.92 Å². The molecule has 2 aromatic rings. The zero-order valence-electron chi connectivity index (χ0n) is 16.6. The van der Waals surface area contributed by atoms with Gasteiger partial charge in [0.2, 0.25) is 0 Å². The fourth-order valence-corrected chi connectivity index (χ4v) is 2.83. The third kappa shape index (κ3) is 4.87. The van der Waals surface area contributed by atoms with Crippen molar-refractivity contribution in [3.63, 3.8) is 0 Å². The van der Waals surface area contributed by atoms with Gasteiger partial charge in [-0.15, -0.1) is 0 Å². The minimum Gasteiger partial charge on any atom is -0.478 e. The van der Waals surface area contributed by atoms with E-state index in [1.165, 1.54) is 7.05 Å². The van der Waals surface area contributed by atoms with Crippen molar-refractivity contribution in [2.24, 2.45) is 4.99 Å². The van der Waals surface area contributed by atoms with Crippen molar-refractivity contribution in [1.29, 1.82) is 0 Å². The number of pyridine rings is 1. The number of ether oxygens (including phenoxy) is 1. The molecule has 0 unspecified atom stereocenters. The van der Waals surface area contributed by atoms with Gasteiger partial charge in [-0.2, -0.15) is 0 Å². The van der Waals surface area contributed by atoms with Gasteiger partial charge in [-0.25, -0.2) is 0 Å². The van der Waals surface area contributed by atoms with Gasteiger partial charge in [0, 0.05) is 37.1 Å². The Bertz CT molecular complexity index is 900. The van der Waals surface area contributed by atoms with Crippen molar-refractivity contribution in [2.45, 2.75) is 40.2 Å². The van der Waals surface area contributed by atoms with E-state index in [0.29, 0.717) is 6.54 Å². The van der Waals surface area contributed by atoms with Crippen LogP contribution in [0.2, 0.25) is 0 Å². The lowest BCUT2D eigenvalue weighted by molar-refractivity contribution is -0.122. The summed E-state index contributed by atoms with van der Waals surface area (Å²) in [5.41, 5.74) is 1.46. The topological polar surface area (TPSA) is 84.7 Å². The van der Waals surface area contributed by atoms with Crippen molar-refractivity contribution in [3.05, 3.63) is 34.6 Å². The van der Waals surface area contributed by atoms with Crippen LogP contribution in [0.25, 0.3) is 10.9 Å². The smallest absolute Gasteiger partial charge is 0.293 e. The van der Waals surface area contributed by atoms with Gasteiger partial charge in [0.1, 0.15) is 5.84 Å². The highest BCUT2D eigenvalue weighted by atomic mass is 16.5. The van der Waals surface area contributed by atoms with E-state index in [-0.39, 0.29) is 29.9 Å². The molecule has 0 aliphatic rings. The summed E-state index contributed by atoms with van der Waals surface area (Å²) in [5.74, 6) is 0.782. The highest BCUT2D eigenvalue weighted by Crippen LogP contribution is 2.24. The summed E-state index contributed by atoms with van der Waals surface area (Å²) in [5, 5.41) is 6.66. The lowest BCUT2D eigenvalue weighted by Crippen LogP contribution is -2.29. The molecule has 0 bridgehead atoms. The monoisotopic (exact) mass is 372 g/mol. The van der Waals surface area contributed by atoms with Crippen LogP contribution in [0.1, 0.15) is 40.2 Å². The Morgan fingerprint density at radius 3 is 2.59 bits per heavy atom. The molecule has 146 valence electrons. The van der Waals surface area contributed by atoms with Crippen molar-refractivity contribution < 1.29 is 9.53 Å². The second kappa shape index (κ2) is 9.21. The number of aromatic nitrogens is 1. The Morgan fingerprint density at radius 2 is 2.00 bits per heavy atom. The minimum atomic E-state index is -0.288. The number of carbonyl (C=O) groups is 1. The number of anilines is 1. The molecule has 1 aromatic carbocycles. The van der Waals surface area contributed by atoms with Crippen LogP contribution in [0.5, 0.6) is 5.75 Å². The molecule has 7 nitrogen and oxygen atoms in total. The summed E-state index contributed by atoms with van der Waals surface area (Å²) in [6, 6.07) is 7.46. The minimum absolute atomic E-state index is 0.0461. The lowest BCUT2D eigenvalue weighted by Gasteiger charge is -2.17. The summed E-state index contributed by atoms with van der Waals surface area (Å²) in [7, 11) is 1.53. The molecule has 0 saturated carbocycles. The molecule has 1 heterocycles. The fraction of sp³-hybridized carbons (Fsp3) is 0.450. The molecular weight excluding hydrogens is 344 g/mol. The molecule has 0 radical (unpaired) electrons. The van der Waals surface area contributed by atoms with Gasteiger partial charge >= 0.3 is 0 Å². The normalized spacial score (nSPS) is 11.7. The molecule has 0 aliphatic heterocycles. The molecule has 2 N–H and O–H groups in total. The third-order valence-electron chi connectivity index (χ3n) is 4.13. The largest absolute Gasteiger partial charge is 0.478 e. The van der Waals surface area contributed by atoms with E-state index in [0.717, 1.165) is 28.8 Å². The molecule has 0 aliphatic carbocycles. The number of fused-ring (bicyclic) bond motifs is 1. The molecule has 7 heteroatoms. The summed E-state index contributed by atoms with van der Waals surface area (Å²) in [6.45, 7) is 8.45. The number of rotatable bonds is 7. The van der Waals surface area contributed by atoms with E-state index in [2.05, 4.69) is 15.6 Å². The van der Waals surface area contributed by atoms with Gasteiger partial charge in [-0.05, 0) is 45.0 Å². The average Bonchev–Trinajstić information content (AvgIpc) is 2.65. The molecular formula is C20H28N4O3. The van der Waals surface area contributed by atoms with Crippen LogP contribution in [0.3, 0.4) is 0 Å². The zero-order chi connectivity index (χ0) is 20.0. The van der Waals surface area contributed by atoms with E-state index < -0.39 is 0 Å². The molecule has 0 fully saturated rings. The van der Waals surface area contributed by atoms with E-state index in [9.17, 15) is 9.59 Å². The maximum atomic E-state index is 12.8. The van der Waals surface area contributed by atoms with Crippen LogP contribution in [-0.2, 0) is 4.79 Å². The van der Waals surface area contributed by atoms with Crippen LogP contribution >= 0.6 is 0 Å². The van der Waals surface area contributed by atoms with Crippen LogP contribution in [-0.4, -0.2) is 36.5 Å². The number of amides is 1. The predicted octanol–water partition coefficient (Wildman–Crippen LogP) is 2.95. The van der Waals surface area contributed by atoms with Crippen LogP contribution in [0.15, 0.2) is 34.1 Å². The average molecular weight is 372 g/mol.